The largest absolute Gasteiger partial charge is 0.500 e. The van der Waals surface area contributed by atoms with Gasteiger partial charge in [0.15, 0.2) is 0 Å². The number of hydrogen-bond donors (Lipinski definition) is 0. The van der Waals surface area contributed by atoms with Gasteiger partial charge in [-0.3, -0.25) is 4.79 Å². The van der Waals surface area contributed by atoms with Crippen LogP contribution < -0.4 is 0 Å². The Morgan fingerprint density at radius 3 is 1.88 bits per heavy atom. The van der Waals surface area contributed by atoms with Gasteiger partial charge in [-0.25, -0.2) is 0 Å². The highest BCUT2D eigenvalue weighted by Crippen LogP contribution is 2.28. The zero-order chi connectivity index (χ0) is 22.8. The average Bonchev–Trinajstić information content (AvgIpc) is 3.11. The van der Waals surface area contributed by atoms with Crippen molar-refractivity contribution >= 4 is 36.6 Å². The Balaban J connectivity index is 1.49. The summed E-state index contributed by atoms with van der Waals surface area (Å²) in [4.78, 5) is 12.3. The number of carbonyl (C=O) groups excluding carboxylic acids is 1. The molecule has 0 spiro atoms. The number of nitrogens with zero attached hydrogens (tertiary/aromatic N) is 1. The van der Waals surface area contributed by atoms with Crippen LogP contribution in [0.4, 0.5) is 0 Å². The van der Waals surface area contributed by atoms with Crippen LogP contribution in [0.3, 0.4) is 0 Å². The maximum Gasteiger partial charge on any atom is 0.500 e. The summed E-state index contributed by atoms with van der Waals surface area (Å²) in [5.74, 6) is -0.165. The first-order chi connectivity index (χ1) is 15.6. The van der Waals surface area contributed by atoms with Crippen LogP contribution >= 0.6 is 0 Å². The van der Waals surface area contributed by atoms with Crippen molar-refractivity contribution in [2.75, 3.05) is 26.4 Å². The van der Waals surface area contributed by atoms with Crippen LogP contribution in [0, 0.1) is 0 Å². The molecule has 0 bridgehead atoms. The number of ether oxygens (including phenoxy) is 1. The number of hydrogen-bond acceptors (Lipinski definition) is 5. The van der Waals surface area contributed by atoms with Crippen LogP contribution in [0.25, 0.3) is 21.8 Å². The summed E-state index contributed by atoms with van der Waals surface area (Å²) in [5, 5.41) is 2.44. The molecular formula is C25H35NO5Si. The van der Waals surface area contributed by atoms with Gasteiger partial charge in [-0.1, -0.05) is 36.4 Å². The first-order valence-electron chi connectivity index (χ1n) is 11.7. The molecule has 1 aromatic heterocycles. The van der Waals surface area contributed by atoms with Crippen molar-refractivity contribution in [1.82, 2.24) is 4.57 Å². The molecule has 0 aliphatic rings. The molecule has 0 aliphatic heterocycles. The molecule has 6 nitrogen and oxygen atoms in total. The molecular weight excluding hydrogens is 422 g/mol. The van der Waals surface area contributed by atoms with E-state index in [0.717, 1.165) is 29.9 Å². The molecule has 174 valence electrons. The molecule has 0 saturated heterocycles. The highest BCUT2D eigenvalue weighted by Gasteiger charge is 2.39. The molecule has 0 saturated carbocycles. The molecule has 7 heteroatoms. The number of esters is 1. The molecule has 0 radical (unpaired) electrons. The summed E-state index contributed by atoms with van der Waals surface area (Å²) in [5.41, 5.74) is 2.32. The van der Waals surface area contributed by atoms with Gasteiger partial charge in [0.05, 0.1) is 6.54 Å². The molecule has 32 heavy (non-hydrogen) atoms. The molecule has 0 aliphatic carbocycles. The third-order valence-corrected chi connectivity index (χ3v) is 8.62. The van der Waals surface area contributed by atoms with Crippen molar-refractivity contribution in [1.29, 1.82) is 0 Å². The Morgan fingerprint density at radius 1 is 0.812 bits per heavy atom. The van der Waals surface area contributed by atoms with Gasteiger partial charge in [-0.2, -0.15) is 0 Å². The van der Waals surface area contributed by atoms with Crippen LogP contribution in [-0.2, 0) is 29.4 Å². The van der Waals surface area contributed by atoms with Gasteiger partial charge in [0.2, 0.25) is 0 Å². The first kappa shape index (κ1) is 24.4. The summed E-state index contributed by atoms with van der Waals surface area (Å²) < 4.78 is 25.4. The quantitative estimate of drug-likeness (QED) is 0.180. The minimum Gasteiger partial charge on any atom is -0.464 e. The van der Waals surface area contributed by atoms with E-state index in [0.29, 0.717) is 39.4 Å². The summed E-state index contributed by atoms with van der Waals surface area (Å²) in [6.07, 6.45) is 1.94. The number of rotatable bonds is 14. The highest BCUT2D eigenvalue weighted by atomic mass is 28.4. The van der Waals surface area contributed by atoms with Crippen molar-refractivity contribution in [2.45, 2.75) is 52.6 Å². The van der Waals surface area contributed by atoms with Crippen LogP contribution in [0.5, 0.6) is 0 Å². The number of para-hydroxylation sites is 2. The molecule has 1 heterocycles. The molecule has 3 rings (SSSR count). The predicted octanol–water partition coefficient (Wildman–Crippen LogP) is 5.56. The second-order valence-corrected chi connectivity index (χ2v) is 10.3. The van der Waals surface area contributed by atoms with Gasteiger partial charge < -0.3 is 22.6 Å². The molecule has 2 aromatic carbocycles. The van der Waals surface area contributed by atoms with Gasteiger partial charge in [0.25, 0.3) is 0 Å². The third-order valence-electron chi connectivity index (χ3n) is 5.46. The van der Waals surface area contributed by atoms with Gasteiger partial charge in [-0.05, 0) is 45.7 Å². The molecule has 3 aromatic rings. The summed E-state index contributed by atoms with van der Waals surface area (Å²) in [7, 11) is -2.64. The lowest BCUT2D eigenvalue weighted by atomic mass is 10.2. The Bertz CT molecular complexity index is 932. The number of aromatic nitrogens is 1. The minimum absolute atomic E-state index is 0.165. The number of fused-ring (bicyclic) bond motifs is 3. The number of benzene rings is 2. The first-order valence-corrected chi connectivity index (χ1v) is 13.6. The van der Waals surface area contributed by atoms with Crippen molar-refractivity contribution in [3.63, 3.8) is 0 Å². The number of unbranched alkanes of at least 4 members (excludes halogenated alkanes) is 1. The Morgan fingerprint density at radius 2 is 1.34 bits per heavy atom. The second kappa shape index (κ2) is 12.2. The van der Waals surface area contributed by atoms with Crippen LogP contribution in [-0.4, -0.2) is 45.8 Å². The van der Waals surface area contributed by atoms with E-state index >= 15 is 0 Å². The van der Waals surface area contributed by atoms with E-state index in [1.807, 2.05) is 32.9 Å². The Labute approximate surface area is 191 Å². The lowest BCUT2D eigenvalue weighted by Gasteiger charge is -2.28. The van der Waals surface area contributed by atoms with Crippen molar-refractivity contribution in [3.8, 4) is 0 Å². The fourth-order valence-corrected chi connectivity index (χ4v) is 6.86. The smallest absolute Gasteiger partial charge is 0.464 e. The van der Waals surface area contributed by atoms with Crippen LogP contribution in [0.1, 0.15) is 40.0 Å². The summed E-state index contributed by atoms with van der Waals surface area (Å²) in [6.45, 7) is 8.55. The topological polar surface area (TPSA) is 58.9 Å². The lowest BCUT2D eigenvalue weighted by Crippen LogP contribution is -2.45. The Hall–Kier alpha value is -2.19. The van der Waals surface area contributed by atoms with E-state index in [9.17, 15) is 4.79 Å². The molecule has 0 atom stereocenters. The monoisotopic (exact) mass is 457 g/mol. The summed E-state index contributed by atoms with van der Waals surface area (Å²) >= 11 is 0. The fourth-order valence-electron chi connectivity index (χ4n) is 4.18. The zero-order valence-corrected chi connectivity index (χ0v) is 20.5. The fraction of sp³-hybridized carbons (Fsp3) is 0.480. The SMILES string of the molecule is CCO[Si](CCCCC(=O)OCCn1c2ccccc2c2ccccc21)(OCC)OCC. The van der Waals surface area contributed by atoms with E-state index < -0.39 is 8.80 Å². The van der Waals surface area contributed by atoms with Gasteiger partial charge in [0.1, 0.15) is 6.61 Å². The standard InChI is InChI=1S/C25H35NO5Si/c1-4-29-32(30-5-2,31-6-3)20-12-11-17-25(27)28-19-18-26-23-15-9-7-13-21(23)22-14-8-10-16-24(22)26/h7-10,13-16H,4-6,11-12,17-20H2,1-3H3. The number of carbonyl (C=O) groups is 1. The van der Waals surface area contributed by atoms with Gasteiger partial charge in [-0.15, -0.1) is 0 Å². The zero-order valence-electron chi connectivity index (χ0n) is 19.5. The van der Waals surface area contributed by atoms with E-state index in [-0.39, 0.29) is 5.97 Å². The molecule has 0 fully saturated rings. The third kappa shape index (κ3) is 5.98. The van der Waals surface area contributed by atoms with E-state index in [4.69, 9.17) is 18.0 Å². The predicted molar refractivity (Wildman–Crippen MR) is 130 cm³/mol. The normalized spacial score (nSPS) is 12.0. The van der Waals surface area contributed by atoms with Crippen molar-refractivity contribution in [2.24, 2.45) is 0 Å². The van der Waals surface area contributed by atoms with Gasteiger partial charge >= 0.3 is 14.8 Å². The second-order valence-electron chi connectivity index (χ2n) is 7.60. The van der Waals surface area contributed by atoms with E-state index in [2.05, 4.69) is 41.0 Å². The van der Waals surface area contributed by atoms with Crippen molar-refractivity contribution in [3.05, 3.63) is 48.5 Å². The molecule has 0 N–H and O–H groups in total. The van der Waals surface area contributed by atoms with E-state index in [1.54, 1.807) is 0 Å². The van der Waals surface area contributed by atoms with Crippen LogP contribution in [0.15, 0.2) is 48.5 Å². The average molecular weight is 458 g/mol. The van der Waals surface area contributed by atoms with Gasteiger partial charge in [0, 0.05) is 54.1 Å². The van der Waals surface area contributed by atoms with E-state index in [1.165, 1.54) is 10.8 Å². The Kier molecular flexibility index (Phi) is 9.29. The van der Waals surface area contributed by atoms with Crippen molar-refractivity contribution < 1.29 is 22.8 Å². The van der Waals surface area contributed by atoms with Crippen LogP contribution in [0.2, 0.25) is 6.04 Å². The minimum atomic E-state index is -2.64. The maximum absolute atomic E-state index is 12.3. The summed E-state index contributed by atoms with van der Waals surface area (Å²) in [6, 6.07) is 17.4. The molecule has 0 unspecified atom stereocenters. The lowest BCUT2D eigenvalue weighted by molar-refractivity contribution is -0.144. The highest BCUT2D eigenvalue weighted by molar-refractivity contribution is 6.60. The molecule has 0 amide bonds. The maximum atomic E-state index is 12.3.